The highest BCUT2D eigenvalue weighted by molar-refractivity contribution is 6.42. The van der Waals surface area contributed by atoms with E-state index in [1.54, 1.807) is 49.9 Å². The minimum atomic E-state index is -1.15. The number of carbonyl (C=O) groups excluding carboxylic acids is 2. The Kier molecular flexibility index (Phi) is 8.47. The topological polar surface area (TPSA) is 111 Å². The van der Waals surface area contributed by atoms with E-state index in [2.05, 4.69) is 0 Å². The van der Waals surface area contributed by atoms with Crippen LogP contribution in [-0.2, 0) is 22.7 Å². The molecule has 0 spiro atoms. The Morgan fingerprint density at radius 1 is 1.05 bits per heavy atom. The zero-order valence-electron chi connectivity index (χ0n) is 23.8. The van der Waals surface area contributed by atoms with Gasteiger partial charge in [-0.25, -0.2) is 9.59 Å². The van der Waals surface area contributed by atoms with Crippen molar-refractivity contribution >= 4 is 46.9 Å². The molecule has 3 aliphatic rings. The molecule has 11 heteroatoms. The number of carbonyl (C=O) groups is 3. The summed E-state index contributed by atoms with van der Waals surface area (Å²) in [5.41, 5.74) is 2.54. The van der Waals surface area contributed by atoms with Gasteiger partial charge in [-0.15, -0.1) is 0 Å². The predicted octanol–water partition coefficient (Wildman–Crippen LogP) is 5.80. The number of aliphatic hydroxyl groups is 1. The van der Waals surface area contributed by atoms with Gasteiger partial charge in [-0.1, -0.05) is 59.6 Å². The summed E-state index contributed by atoms with van der Waals surface area (Å²) in [5, 5.41) is 20.7. The average Bonchev–Trinajstić information content (AvgIpc) is 3.77. The highest BCUT2D eigenvalue weighted by atomic mass is 35.5. The number of hydrogen-bond donors (Lipinski definition) is 2. The van der Waals surface area contributed by atoms with E-state index in [1.807, 2.05) is 18.2 Å². The molecule has 0 aromatic heterocycles. The van der Waals surface area contributed by atoms with E-state index in [-0.39, 0.29) is 44.6 Å². The van der Waals surface area contributed by atoms with E-state index in [0.29, 0.717) is 21.2 Å². The minimum absolute atomic E-state index is 0.0204. The van der Waals surface area contributed by atoms with Crippen LogP contribution < -0.4 is 0 Å². The molecule has 42 heavy (non-hydrogen) atoms. The monoisotopic (exact) mass is 615 g/mol. The Balaban J connectivity index is 1.61. The lowest BCUT2D eigenvalue weighted by molar-refractivity contribution is -0.129. The van der Waals surface area contributed by atoms with Gasteiger partial charge in [0, 0.05) is 31.2 Å². The fraction of sp³-hybridized carbons (Fsp3) is 0.452. The number of benzene rings is 2. The number of fused-ring (bicyclic) bond motifs is 2. The lowest BCUT2D eigenvalue weighted by Gasteiger charge is -2.50. The van der Waals surface area contributed by atoms with Crippen LogP contribution >= 0.6 is 23.2 Å². The van der Waals surface area contributed by atoms with Crippen molar-refractivity contribution in [1.82, 2.24) is 14.7 Å². The van der Waals surface area contributed by atoms with Gasteiger partial charge >= 0.3 is 12.2 Å². The van der Waals surface area contributed by atoms with E-state index < -0.39 is 29.9 Å². The maximum atomic E-state index is 14.7. The van der Waals surface area contributed by atoms with Gasteiger partial charge in [-0.3, -0.25) is 9.69 Å². The third kappa shape index (κ3) is 6.23. The van der Waals surface area contributed by atoms with Crippen LogP contribution in [0.4, 0.5) is 9.59 Å². The summed E-state index contributed by atoms with van der Waals surface area (Å²) in [6.07, 6.45) is 0.174. The van der Waals surface area contributed by atoms with Crippen molar-refractivity contribution in [2.24, 2.45) is 0 Å². The van der Waals surface area contributed by atoms with Crippen molar-refractivity contribution in [1.29, 1.82) is 0 Å². The molecule has 2 aromatic carbocycles. The van der Waals surface area contributed by atoms with Crippen LogP contribution in [0.25, 0.3) is 5.57 Å². The number of aliphatic hydroxyl groups excluding tert-OH is 1. The highest BCUT2D eigenvalue weighted by Crippen LogP contribution is 2.42. The second kappa shape index (κ2) is 11.8. The van der Waals surface area contributed by atoms with Crippen molar-refractivity contribution in [3.63, 3.8) is 0 Å². The van der Waals surface area contributed by atoms with E-state index in [9.17, 15) is 24.6 Å². The van der Waals surface area contributed by atoms with E-state index >= 15 is 0 Å². The van der Waals surface area contributed by atoms with Crippen LogP contribution in [0.5, 0.6) is 0 Å². The molecule has 0 radical (unpaired) electrons. The fourth-order valence-corrected chi connectivity index (χ4v) is 6.17. The van der Waals surface area contributed by atoms with Gasteiger partial charge < -0.3 is 24.7 Å². The number of hydrogen-bond acceptors (Lipinski definition) is 5. The molecule has 2 N–H and O–H groups in total. The van der Waals surface area contributed by atoms with Crippen molar-refractivity contribution in [2.75, 3.05) is 13.1 Å². The van der Waals surface area contributed by atoms with Crippen LogP contribution in [-0.4, -0.2) is 79.8 Å². The first kappa shape index (κ1) is 30.2. The molecule has 2 atom stereocenters. The standard InChI is InChI=1S/C31H35Cl2N3O6/c1-31(2,3)42-30(41)34-15-22-13-23(19-9-7-18(17-37)8-10-19)26(25(16-34)36(22)29(39)40)28(38)35(21-11-12-21)14-20-5-4-6-24(32)27(20)33/h4-10,21-22,25,37H,11-17H2,1-3H3,(H,39,40). The van der Waals surface area contributed by atoms with Gasteiger partial charge in [0.2, 0.25) is 0 Å². The number of nitrogens with zero attached hydrogens (tertiary/aromatic N) is 3. The minimum Gasteiger partial charge on any atom is -0.465 e. The first-order valence-corrected chi connectivity index (χ1v) is 14.8. The second-order valence-electron chi connectivity index (χ2n) is 12.1. The molecular weight excluding hydrogens is 581 g/mol. The summed E-state index contributed by atoms with van der Waals surface area (Å²) >= 11 is 12.8. The van der Waals surface area contributed by atoms with Gasteiger partial charge in [-0.05, 0) is 68.4 Å². The van der Waals surface area contributed by atoms with Crippen molar-refractivity contribution in [3.05, 3.63) is 74.8 Å². The van der Waals surface area contributed by atoms with Crippen LogP contribution in [0.1, 0.15) is 56.7 Å². The van der Waals surface area contributed by atoms with Crippen LogP contribution in [0.3, 0.4) is 0 Å². The Morgan fingerprint density at radius 3 is 2.33 bits per heavy atom. The molecule has 1 saturated carbocycles. The molecule has 9 nitrogen and oxygen atoms in total. The van der Waals surface area contributed by atoms with E-state index in [0.717, 1.165) is 29.5 Å². The van der Waals surface area contributed by atoms with Crippen molar-refractivity contribution in [2.45, 2.75) is 76.9 Å². The molecule has 2 unspecified atom stereocenters. The Bertz CT molecular complexity index is 1420. The highest BCUT2D eigenvalue weighted by Gasteiger charge is 2.50. The molecule has 1 saturated heterocycles. The number of ether oxygens (including phenoxy) is 1. The van der Waals surface area contributed by atoms with Gasteiger partial charge in [-0.2, -0.15) is 0 Å². The van der Waals surface area contributed by atoms with Gasteiger partial charge in [0.05, 0.1) is 28.7 Å². The van der Waals surface area contributed by atoms with Gasteiger partial charge in [0.15, 0.2) is 0 Å². The van der Waals surface area contributed by atoms with Crippen LogP contribution in [0.15, 0.2) is 48.0 Å². The molecule has 3 amide bonds. The Labute approximate surface area is 255 Å². The van der Waals surface area contributed by atoms with E-state index in [4.69, 9.17) is 27.9 Å². The lowest BCUT2D eigenvalue weighted by atomic mass is 9.81. The maximum Gasteiger partial charge on any atom is 0.410 e. The quantitative estimate of drug-likeness (QED) is 0.425. The Hall–Kier alpha value is -3.27. The molecule has 2 heterocycles. The van der Waals surface area contributed by atoms with E-state index in [1.165, 1.54) is 9.80 Å². The number of piperazine rings is 1. The lowest BCUT2D eigenvalue weighted by Crippen LogP contribution is -2.65. The van der Waals surface area contributed by atoms with Crippen molar-refractivity contribution in [3.8, 4) is 0 Å². The van der Waals surface area contributed by atoms with Gasteiger partial charge in [0.1, 0.15) is 5.60 Å². The summed E-state index contributed by atoms with van der Waals surface area (Å²) in [7, 11) is 0. The molecular formula is C31H35Cl2N3O6. The first-order chi connectivity index (χ1) is 19.9. The summed E-state index contributed by atoms with van der Waals surface area (Å²) in [4.78, 5) is 45.0. The Morgan fingerprint density at radius 2 is 1.74 bits per heavy atom. The normalized spacial score (nSPS) is 20.4. The summed E-state index contributed by atoms with van der Waals surface area (Å²) < 4.78 is 5.63. The number of halogens is 2. The molecule has 2 aliphatic heterocycles. The summed E-state index contributed by atoms with van der Waals surface area (Å²) in [5.74, 6) is -0.296. The molecule has 2 aromatic rings. The smallest absolute Gasteiger partial charge is 0.410 e. The zero-order chi connectivity index (χ0) is 30.3. The molecule has 5 rings (SSSR count). The summed E-state index contributed by atoms with van der Waals surface area (Å²) in [6.45, 7) is 5.53. The maximum absolute atomic E-state index is 14.7. The first-order valence-electron chi connectivity index (χ1n) is 14.0. The fourth-order valence-electron chi connectivity index (χ4n) is 5.79. The molecule has 2 fully saturated rings. The molecule has 2 bridgehead atoms. The predicted molar refractivity (Wildman–Crippen MR) is 159 cm³/mol. The van der Waals surface area contributed by atoms with Crippen LogP contribution in [0.2, 0.25) is 10.0 Å². The van der Waals surface area contributed by atoms with Crippen LogP contribution in [0, 0.1) is 0 Å². The SMILES string of the molecule is CC(C)(C)OC(=O)N1CC2CC(c3ccc(CO)cc3)=C(C(=O)N(Cc3cccc(Cl)c3Cl)C3CC3)C(C1)N2C(=O)O. The number of amides is 3. The number of carboxylic acid groups (broad SMARTS) is 1. The largest absolute Gasteiger partial charge is 0.465 e. The van der Waals surface area contributed by atoms with Crippen molar-refractivity contribution < 1.29 is 29.3 Å². The third-order valence-electron chi connectivity index (χ3n) is 7.86. The van der Waals surface area contributed by atoms with Gasteiger partial charge in [0.25, 0.3) is 5.91 Å². The third-order valence-corrected chi connectivity index (χ3v) is 8.72. The molecule has 1 aliphatic carbocycles. The second-order valence-corrected chi connectivity index (χ2v) is 12.9. The zero-order valence-corrected chi connectivity index (χ0v) is 25.4. The average molecular weight is 617 g/mol. The molecule has 224 valence electrons. The summed E-state index contributed by atoms with van der Waals surface area (Å²) in [6, 6.07) is 11.1. The number of rotatable bonds is 6.